The second-order valence-electron chi connectivity index (χ2n) is 5.83. The van der Waals surface area contributed by atoms with Gasteiger partial charge in [-0.3, -0.25) is 4.99 Å². The molecule has 0 fully saturated rings. The van der Waals surface area contributed by atoms with Crippen LogP contribution in [0.15, 0.2) is 34.6 Å². The minimum atomic E-state index is -4.42. The first-order chi connectivity index (χ1) is 13.3. The molecule has 0 radical (unpaired) electrons. The average molecular weight is 546 g/mol. The number of benzene rings is 1. The fourth-order valence-corrected chi connectivity index (χ4v) is 3.01. The van der Waals surface area contributed by atoms with E-state index in [0.717, 1.165) is 16.7 Å². The van der Waals surface area contributed by atoms with Gasteiger partial charge in [0.25, 0.3) is 0 Å². The quantitative estimate of drug-likeness (QED) is 0.230. The normalized spacial score (nSPS) is 11.7. The molecule has 0 saturated carbocycles. The Morgan fingerprint density at radius 1 is 1.28 bits per heavy atom. The molecule has 162 valence electrons. The maximum atomic E-state index is 12.9. The maximum absolute atomic E-state index is 12.9. The molecule has 0 unspecified atom stereocenters. The third-order valence-corrected chi connectivity index (χ3v) is 4.54. The van der Waals surface area contributed by atoms with Gasteiger partial charge >= 0.3 is 6.18 Å². The van der Waals surface area contributed by atoms with Crippen molar-refractivity contribution in [3.63, 3.8) is 0 Å². The monoisotopic (exact) mass is 546 g/mol. The Kier molecular flexibility index (Phi) is 10.6. The van der Waals surface area contributed by atoms with Crippen LogP contribution in [0.1, 0.15) is 17.6 Å². The summed E-state index contributed by atoms with van der Waals surface area (Å²) in [6.45, 7) is 3.79. The summed E-state index contributed by atoms with van der Waals surface area (Å²) in [4.78, 5) is 9.89. The fourth-order valence-electron chi connectivity index (χ4n) is 2.22. The zero-order valence-electron chi connectivity index (χ0n) is 16.0. The highest BCUT2D eigenvalue weighted by Gasteiger charge is 2.33. The fraction of sp³-hybridized carbons (Fsp3) is 0.444. The molecule has 0 aliphatic rings. The molecule has 0 atom stereocenters. The van der Waals surface area contributed by atoms with E-state index in [0.29, 0.717) is 49.4 Å². The average Bonchev–Trinajstić information content (AvgIpc) is 3.12. The zero-order valence-corrected chi connectivity index (χ0v) is 19.1. The summed E-state index contributed by atoms with van der Waals surface area (Å²) in [5.74, 6) is 0.868. The largest absolute Gasteiger partial charge is 0.492 e. The number of ether oxygens (including phenoxy) is 1. The molecule has 5 nitrogen and oxygen atoms in total. The van der Waals surface area contributed by atoms with Gasteiger partial charge in [0.05, 0.1) is 11.6 Å². The minimum Gasteiger partial charge on any atom is -0.492 e. The van der Waals surface area contributed by atoms with Crippen LogP contribution in [0, 0.1) is 5.82 Å². The molecule has 1 aromatic heterocycles. The van der Waals surface area contributed by atoms with Crippen LogP contribution in [0.5, 0.6) is 5.75 Å². The molecule has 2 rings (SSSR count). The Labute approximate surface area is 188 Å². The number of halogens is 5. The molecule has 29 heavy (non-hydrogen) atoms. The topological polar surface area (TPSA) is 49.8 Å². The third kappa shape index (κ3) is 8.72. The summed E-state index contributed by atoms with van der Waals surface area (Å²) < 4.78 is 56.2. The number of hydrogen-bond acceptors (Lipinski definition) is 4. The summed E-state index contributed by atoms with van der Waals surface area (Å²) in [6, 6.07) is 5.76. The molecule has 0 spiro atoms. The number of thiazole rings is 1. The lowest BCUT2D eigenvalue weighted by atomic mass is 10.3. The molecule has 2 aromatic rings. The first-order valence-corrected chi connectivity index (χ1v) is 9.57. The van der Waals surface area contributed by atoms with E-state index in [4.69, 9.17) is 4.74 Å². The van der Waals surface area contributed by atoms with E-state index in [1.54, 1.807) is 12.1 Å². The van der Waals surface area contributed by atoms with Crippen molar-refractivity contribution < 1.29 is 22.3 Å². The first kappa shape index (κ1) is 25.4. The Bertz CT molecular complexity index is 768. The van der Waals surface area contributed by atoms with E-state index >= 15 is 0 Å². The smallest absolute Gasteiger partial charge is 0.434 e. The number of likely N-dealkylation sites (N-methyl/N-ethyl adjacent to an activating group) is 1. The molecule has 1 heterocycles. The number of alkyl halides is 3. The number of guanidine groups is 1. The predicted octanol–water partition coefficient (Wildman–Crippen LogP) is 4.44. The Balaban J connectivity index is 0.00000420. The summed E-state index contributed by atoms with van der Waals surface area (Å²) in [5.41, 5.74) is -0.863. The van der Waals surface area contributed by atoms with Crippen LogP contribution in [0.25, 0.3) is 0 Å². The summed E-state index contributed by atoms with van der Waals surface area (Å²) in [7, 11) is 1.83. The van der Waals surface area contributed by atoms with Crippen molar-refractivity contribution in [2.45, 2.75) is 19.5 Å². The first-order valence-electron chi connectivity index (χ1n) is 8.69. The molecule has 1 N–H and O–H groups in total. The van der Waals surface area contributed by atoms with Gasteiger partial charge in [-0.2, -0.15) is 13.2 Å². The van der Waals surface area contributed by atoms with Crippen LogP contribution in [-0.4, -0.2) is 49.1 Å². The minimum absolute atomic E-state index is 0. The number of hydrogen-bond donors (Lipinski definition) is 1. The molecule has 0 bridgehead atoms. The second kappa shape index (κ2) is 12.2. The van der Waals surface area contributed by atoms with Gasteiger partial charge < -0.3 is 15.0 Å². The summed E-state index contributed by atoms with van der Waals surface area (Å²) in [6.07, 6.45) is -4.09. The lowest BCUT2D eigenvalue weighted by Crippen LogP contribution is -2.41. The summed E-state index contributed by atoms with van der Waals surface area (Å²) >= 11 is 0.981. The highest BCUT2D eigenvalue weighted by molar-refractivity contribution is 14.0. The van der Waals surface area contributed by atoms with Gasteiger partial charge in [-0.25, -0.2) is 9.37 Å². The maximum Gasteiger partial charge on any atom is 0.434 e. The van der Waals surface area contributed by atoms with E-state index in [2.05, 4.69) is 15.3 Å². The highest BCUT2D eigenvalue weighted by Crippen LogP contribution is 2.30. The molecule has 11 heteroatoms. The molecular weight excluding hydrogens is 523 g/mol. The van der Waals surface area contributed by atoms with Crippen molar-refractivity contribution in [3.8, 4) is 5.75 Å². The van der Waals surface area contributed by atoms with E-state index in [-0.39, 0.29) is 29.8 Å². The Hall–Kier alpha value is -1.63. The van der Waals surface area contributed by atoms with E-state index in [9.17, 15) is 17.6 Å². The number of aliphatic imine (C=N–C) groups is 1. The van der Waals surface area contributed by atoms with E-state index in [1.165, 1.54) is 12.1 Å². The second-order valence-corrected chi connectivity index (χ2v) is 6.78. The molecule has 0 aliphatic carbocycles. The van der Waals surface area contributed by atoms with Crippen LogP contribution < -0.4 is 10.1 Å². The van der Waals surface area contributed by atoms with Crippen molar-refractivity contribution in [1.82, 2.24) is 15.2 Å². The predicted molar refractivity (Wildman–Crippen MR) is 117 cm³/mol. The van der Waals surface area contributed by atoms with Crippen molar-refractivity contribution in [3.05, 3.63) is 46.2 Å². The van der Waals surface area contributed by atoms with Crippen molar-refractivity contribution in [2.75, 3.05) is 33.3 Å². The van der Waals surface area contributed by atoms with Crippen molar-refractivity contribution in [1.29, 1.82) is 0 Å². The van der Waals surface area contributed by atoms with Crippen LogP contribution in [0.4, 0.5) is 17.6 Å². The zero-order chi connectivity index (χ0) is 20.6. The van der Waals surface area contributed by atoms with Gasteiger partial charge in [-0.1, -0.05) is 0 Å². The van der Waals surface area contributed by atoms with Gasteiger partial charge in [0.15, 0.2) is 11.7 Å². The number of rotatable bonds is 8. The van der Waals surface area contributed by atoms with Gasteiger partial charge in [0.2, 0.25) is 0 Å². The van der Waals surface area contributed by atoms with Gasteiger partial charge in [0.1, 0.15) is 18.2 Å². The van der Waals surface area contributed by atoms with Crippen LogP contribution in [0.2, 0.25) is 0 Å². The number of nitrogens with zero attached hydrogens (tertiary/aromatic N) is 3. The standard InChI is InChI=1S/C18H22F4N4OS.HI/c1-3-23-17(24-9-8-16-25-15(12-28-16)18(20,21)22)26(2)10-11-27-14-6-4-13(19)5-7-14;/h4-7,12H,3,8-11H2,1-2H3,(H,23,24);1H. The van der Waals surface area contributed by atoms with Crippen LogP contribution >= 0.6 is 35.3 Å². The van der Waals surface area contributed by atoms with Gasteiger partial charge in [-0.15, -0.1) is 35.3 Å². The van der Waals surface area contributed by atoms with Crippen LogP contribution in [0.3, 0.4) is 0 Å². The molecule has 0 saturated heterocycles. The Morgan fingerprint density at radius 3 is 2.55 bits per heavy atom. The molecule has 0 amide bonds. The molecule has 1 aromatic carbocycles. The molecule has 0 aliphatic heterocycles. The molecular formula is C18H23F4IN4OS. The van der Waals surface area contributed by atoms with Crippen LogP contribution in [-0.2, 0) is 12.6 Å². The summed E-state index contributed by atoms with van der Waals surface area (Å²) in [5, 5.41) is 4.54. The van der Waals surface area contributed by atoms with E-state index < -0.39 is 11.9 Å². The van der Waals surface area contributed by atoms with Gasteiger partial charge in [0, 0.05) is 31.9 Å². The van der Waals surface area contributed by atoms with Gasteiger partial charge in [-0.05, 0) is 31.2 Å². The SMILES string of the molecule is CCNC(=NCCc1nc(C(F)(F)F)cs1)N(C)CCOc1ccc(F)cc1.I. The lowest BCUT2D eigenvalue weighted by Gasteiger charge is -2.22. The highest BCUT2D eigenvalue weighted by atomic mass is 127. The third-order valence-electron chi connectivity index (χ3n) is 3.63. The number of aromatic nitrogens is 1. The van der Waals surface area contributed by atoms with Crippen molar-refractivity contribution >= 4 is 41.3 Å². The van der Waals surface area contributed by atoms with E-state index in [1.807, 2.05) is 18.9 Å². The van der Waals surface area contributed by atoms with Crippen molar-refractivity contribution in [2.24, 2.45) is 4.99 Å². The lowest BCUT2D eigenvalue weighted by molar-refractivity contribution is -0.140. The Morgan fingerprint density at radius 2 is 1.97 bits per heavy atom. The number of nitrogens with one attached hydrogen (secondary N) is 1.